The van der Waals surface area contributed by atoms with E-state index in [1.54, 1.807) is 19.1 Å². The van der Waals surface area contributed by atoms with Crippen molar-refractivity contribution in [1.29, 1.82) is 0 Å². The van der Waals surface area contributed by atoms with E-state index in [2.05, 4.69) is 5.32 Å². The number of hydrogen-bond acceptors (Lipinski definition) is 5. The molecule has 2 aromatic rings. The van der Waals surface area contributed by atoms with Crippen LogP contribution in [0.5, 0.6) is 0 Å². The maximum absolute atomic E-state index is 12.3. The summed E-state index contributed by atoms with van der Waals surface area (Å²) < 4.78 is 0.699. The number of nitro benzene ring substituents is 1. The molecule has 0 spiro atoms. The highest BCUT2D eigenvalue weighted by atomic mass is 35.5. The molecule has 122 valence electrons. The number of likely N-dealkylation sites (N-methyl/N-ethyl adjacent to an activating group) is 1. The lowest BCUT2D eigenvalue weighted by atomic mass is 10.2. The molecular formula is C15H16ClN3O3S. The Hall–Kier alpha value is -1.96. The maximum atomic E-state index is 12.3. The Labute approximate surface area is 142 Å². The topological polar surface area (TPSA) is 75.5 Å². The van der Waals surface area contributed by atoms with Crippen molar-refractivity contribution in [3.63, 3.8) is 0 Å². The van der Waals surface area contributed by atoms with Crippen LogP contribution in [0.15, 0.2) is 36.4 Å². The second-order valence-electron chi connectivity index (χ2n) is 5.06. The Balaban J connectivity index is 2.03. The Morgan fingerprint density at radius 2 is 2.09 bits per heavy atom. The summed E-state index contributed by atoms with van der Waals surface area (Å²) in [6, 6.07) is 9.35. The van der Waals surface area contributed by atoms with E-state index in [1.165, 1.54) is 23.5 Å². The monoisotopic (exact) mass is 353 g/mol. The molecule has 0 aliphatic rings. The normalized spacial score (nSPS) is 12.2. The van der Waals surface area contributed by atoms with Gasteiger partial charge in [-0.3, -0.25) is 19.8 Å². The fourth-order valence-electron chi connectivity index (χ4n) is 2.00. The summed E-state index contributed by atoms with van der Waals surface area (Å²) in [6.07, 6.45) is 0. The number of rotatable bonds is 6. The van der Waals surface area contributed by atoms with E-state index in [9.17, 15) is 14.9 Å². The average Bonchev–Trinajstić information content (AvgIpc) is 2.91. The Morgan fingerprint density at radius 3 is 2.70 bits per heavy atom. The van der Waals surface area contributed by atoms with Gasteiger partial charge in [0, 0.05) is 17.5 Å². The fourth-order valence-corrected chi connectivity index (χ4v) is 3.15. The first-order chi connectivity index (χ1) is 10.9. The molecule has 0 saturated carbocycles. The van der Waals surface area contributed by atoms with E-state index < -0.39 is 11.0 Å². The van der Waals surface area contributed by atoms with Gasteiger partial charge >= 0.3 is 0 Å². The van der Waals surface area contributed by atoms with Crippen LogP contribution < -0.4 is 5.32 Å². The van der Waals surface area contributed by atoms with Crippen molar-refractivity contribution >= 4 is 40.2 Å². The lowest BCUT2D eigenvalue weighted by molar-refractivity contribution is -0.383. The number of carbonyl (C=O) groups excluding carboxylic acids is 1. The molecule has 0 aliphatic heterocycles. The van der Waals surface area contributed by atoms with Gasteiger partial charge in [-0.1, -0.05) is 23.7 Å². The first-order valence-corrected chi connectivity index (χ1v) is 8.06. The van der Waals surface area contributed by atoms with Gasteiger partial charge in [0.2, 0.25) is 5.91 Å². The van der Waals surface area contributed by atoms with E-state index in [-0.39, 0.29) is 17.3 Å². The molecule has 23 heavy (non-hydrogen) atoms. The Morgan fingerprint density at radius 1 is 1.39 bits per heavy atom. The lowest BCUT2D eigenvalue weighted by Crippen LogP contribution is -2.39. The highest BCUT2D eigenvalue weighted by Crippen LogP contribution is 2.25. The van der Waals surface area contributed by atoms with Crippen molar-refractivity contribution in [2.45, 2.75) is 19.5 Å². The van der Waals surface area contributed by atoms with Gasteiger partial charge in [-0.25, -0.2) is 0 Å². The molecule has 0 bridgehead atoms. The molecule has 1 N–H and O–H groups in total. The molecule has 8 heteroatoms. The summed E-state index contributed by atoms with van der Waals surface area (Å²) in [5.74, 6) is -0.301. The van der Waals surface area contributed by atoms with Crippen LogP contribution in [0.1, 0.15) is 11.8 Å². The number of nitrogens with zero attached hydrogens (tertiary/aromatic N) is 2. The van der Waals surface area contributed by atoms with Gasteiger partial charge in [0.15, 0.2) is 0 Å². The second kappa shape index (κ2) is 7.54. The quantitative estimate of drug-likeness (QED) is 0.633. The third-order valence-electron chi connectivity index (χ3n) is 3.43. The van der Waals surface area contributed by atoms with Gasteiger partial charge < -0.3 is 5.32 Å². The fraction of sp³-hybridized carbons (Fsp3) is 0.267. The zero-order valence-corrected chi connectivity index (χ0v) is 14.2. The molecule has 1 aromatic carbocycles. The van der Waals surface area contributed by atoms with Crippen molar-refractivity contribution in [2.24, 2.45) is 0 Å². The van der Waals surface area contributed by atoms with Gasteiger partial charge in [-0.2, -0.15) is 0 Å². The smallest absolute Gasteiger partial charge is 0.292 e. The second-order valence-corrected chi connectivity index (χ2v) is 6.86. The number of carbonyl (C=O) groups is 1. The van der Waals surface area contributed by atoms with E-state index in [0.29, 0.717) is 10.9 Å². The highest BCUT2D eigenvalue weighted by molar-refractivity contribution is 7.16. The molecule has 1 amide bonds. The van der Waals surface area contributed by atoms with Gasteiger partial charge in [0.25, 0.3) is 5.69 Å². The third-order valence-corrected chi connectivity index (χ3v) is 4.65. The van der Waals surface area contributed by atoms with E-state index in [0.717, 1.165) is 4.88 Å². The van der Waals surface area contributed by atoms with Crippen LogP contribution in [0.4, 0.5) is 11.4 Å². The van der Waals surface area contributed by atoms with Crippen molar-refractivity contribution < 1.29 is 9.72 Å². The molecule has 0 fully saturated rings. The number of para-hydroxylation sites is 2. The summed E-state index contributed by atoms with van der Waals surface area (Å²) in [6.45, 7) is 2.32. The van der Waals surface area contributed by atoms with Crippen LogP contribution >= 0.6 is 22.9 Å². The molecule has 1 heterocycles. The van der Waals surface area contributed by atoms with E-state index in [4.69, 9.17) is 11.6 Å². The van der Waals surface area contributed by atoms with Crippen molar-refractivity contribution in [3.8, 4) is 0 Å². The summed E-state index contributed by atoms with van der Waals surface area (Å²) in [7, 11) is 1.82. The minimum Gasteiger partial charge on any atom is -0.319 e. The maximum Gasteiger partial charge on any atom is 0.292 e. The summed E-state index contributed by atoms with van der Waals surface area (Å²) >= 11 is 7.36. The number of anilines is 1. The molecule has 0 saturated heterocycles. The van der Waals surface area contributed by atoms with Gasteiger partial charge in [-0.05, 0) is 32.2 Å². The molecule has 1 aromatic heterocycles. The Bertz CT molecular complexity index is 719. The van der Waals surface area contributed by atoms with Crippen LogP contribution in [0, 0.1) is 10.1 Å². The zero-order chi connectivity index (χ0) is 17.0. The molecule has 1 atom stereocenters. The van der Waals surface area contributed by atoms with Crippen molar-refractivity contribution in [3.05, 3.63) is 55.7 Å². The van der Waals surface area contributed by atoms with Crippen LogP contribution in [0.2, 0.25) is 4.34 Å². The predicted molar refractivity (Wildman–Crippen MR) is 92.0 cm³/mol. The van der Waals surface area contributed by atoms with Crippen LogP contribution in [0.3, 0.4) is 0 Å². The molecule has 0 unspecified atom stereocenters. The number of thiophene rings is 1. The highest BCUT2D eigenvalue weighted by Gasteiger charge is 2.22. The molecular weight excluding hydrogens is 338 g/mol. The van der Waals surface area contributed by atoms with Crippen molar-refractivity contribution in [1.82, 2.24) is 4.90 Å². The number of amides is 1. The lowest BCUT2D eigenvalue weighted by Gasteiger charge is -2.23. The van der Waals surface area contributed by atoms with E-state index in [1.807, 2.05) is 24.1 Å². The average molecular weight is 354 g/mol. The number of hydrogen-bond donors (Lipinski definition) is 1. The molecule has 0 aliphatic carbocycles. The van der Waals surface area contributed by atoms with Gasteiger partial charge in [-0.15, -0.1) is 11.3 Å². The first-order valence-electron chi connectivity index (χ1n) is 6.87. The molecule has 0 radical (unpaired) electrons. The number of halogens is 1. The van der Waals surface area contributed by atoms with Crippen molar-refractivity contribution in [2.75, 3.05) is 12.4 Å². The van der Waals surface area contributed by atoms with Gasteiger partial charge in [0.05, 0.1) is 15.3 Å². The summed E-state index contributed by atoms with van der Waals surface area (Å²) in [4.78, 5) is 25.7. The number of nitrogens with one attached hydrogen (secondary N) is 1. The van der Waals surface area contributed by atoms with E-state index >= 15 is 0 Å². The zero-order valence-electron chi connectivity index (χ0n) is 12.7. The minimum atomic E-state index is -0.516. The van der Waals surface area contributed by atoms with Gasteiger partial charge in [0.1, 0.15) is 5.69 Å². The molecule has 6 nitrogen and oxygen atoms in total. The molecule has 2 rings (SSSR count). The third kappa shape index (κ3) is 4.51. The van der Waals surface area contributed by atoms with Crippen LogP contribution in [0.25, 0.3) is 0 Å². The van der Waals surface area contributed by atoms with Crippen LogP contribution in [-0.2, 0) is 11.3 Å². The number of benzene rings is 1. The standard InChI is InChI=1S/C15H16ClN3O3S/c1-10(18(2)9-11-7-8-14(16)23-11)15(20)17-12-5-3-4-6-13(12)19(21)22/h3-8,10H,9H2,1-2H3,(H,17,20)/t10-/m1/s1. The summed E-state index contributed by atoms with van der Waals surface area (Å²) in [5.41, 5.74) is 0.0719. The largest absolute Gasteiger partial charge is 0.319 e. The Kier molecular flexibility index (Phi) is 5.70. The SMILES string of the molecule is C[C@H](C(=O)Nc1ccccc1[N+](=O)[O-])N(C)Cc1ccc(Cl)s1. The summed E-state index contributed by atoms with van der Waals surface area (Å²) in [5, 5.41) is 13.6. The van der Waals surface area contributed by atoms with Crippen LogP contribution in [-0.4, -0.2) is 28.8 Å². The number of nitro groups is 1. The first kappa shape index (κ1) is 17.4. The minimum absolute atomic E-state index is 0.124. The predicted octanol–water partition coefficient (Wildman–Crippen LogP) is 3.77.